The van der Waals surface area contributed by atoms with Gasteiger partial charge in [0.25, 0.3) is 5.91 Å². The van der Waals surface area contributed by atoms with Crippen LogP contribution in [-0.4, -0.2) is 41.6 Å². The Hall–Kier alpha value is -4.91. The summed E-state index contributed by atoms with van der Waals surface area (Å²) in [5, 5.41) is 15.3. The number of esters is 1. The minimum atomic E-state index is -0.922. The lowest BCUT2D eigenvalue weighted by molar-refractivity contribution is -0.148. The van der Waals surface area contributed by atoms with Crippen molar-refractivity contribution in [3.8, 4) is 5.75 Å². The summed E-state index contributed by atoms with van der Waals surface area (Å²) in [6.45, 7) is -0.0641. The summed E-state index contributed by atoms with van der Waals surface area (Å²) in [5.74, 6) is -1.09. The molecular weight excluding hydrogens is 504 g/mol. The van der Waals surface area contributed by atoms with Gasteiger partial charge in [-0.15, -0.1) is 0 Å². The Morgan fingerprint density at radius 1 is 0.650 bits per heavy atom. The first kappa shape index (κ1) is 28.1. The van der Waals surface area contributed by atoms with Gasteiger partial charge in [-0.3, -0.25) is 9.59 Å². The monoisotopic (exact) mass is 536 g/mol. The highest BCUT2D eigenvalue weighted by molar-refractivity contribution is 5.94. The Morgan fingerprint density at radius 2 is 1.20 bits per heavy atom. The van der Waals surface area contributed by atoms with Crippen LogP contribution in [-0.2, 0) is 33.6 Å². The van der Waals surface area contributed by atoms with E-state index in [1.807, 2.05) is 66.7 Å². The smallest absolute Gasteiger partial charge is 0.329 e. The number of carbonyl (C=O) groups excluding carboxylic acids is 3. The predicted molar refractivity (Wildman–Crippen MR) is 153 cm³/mol. The lowest BCUT2D eigenvalue weighted by Gasteiger charge is -2.22. The number of hydrogen-bond acceptors (Lipinski definition) is 5. The lowest BCUT2D eigenvalue weighted by atomic mass is 10.0. The maximum Gasteiger partial charge on any atom is 0.329 e. The number of aromatic hydroxyl groups is 1. The molecule has 0 unspecified atom stereocenters. The van der Waals surface area contributed by atoms with Crippen LogP contribution < -0.4 is 10.6 Å². The van der Waals surface area contributed by atoms with Gasteiger partial charge in [-0.1, -0.05) is 91.0 Å². The van der Waals surface area contributed by atoms with E-state index in [-0.39, 0.29) is 37.0 Å². The fourth-order valence-corrected chi connectivity index (χ4v) is 4.28. The Kier molecular flexibility index (Phi) is 10.0. The van der Waals surface area contributed by atoms with Gasteiger partial charge in [-0.05, 0) is 47.4 Å². The highest BCUT2D eigenvalue weighted by Crippen LogP contribution is 2.12. The van der Waals surface area contributed by atoms with Gasteiger partial charge in [0.2, 0.25) is 5.91 Å². The van der Waals surface area contributed by atoms with Crippen LogP contribution in [0.1, 0.15) is 27.0 Å². The van der Waals surface area contributed by atoms with E-state index in [9.17, 15) is 19.5 Å². The molecule has 3 N–H and O–H groups in total. The van der Waals surface area contributed by atoms with Gasteiger partial charge in [0.15, 0.2) is 0 Å². The number of phenols is 1. The van der Waals surface area contributed by atoms with Gasteiger partial charge in [0, 0.05) is 12.0 Å². The molecule has 0 bridgehead atoms. The SMILES string of the molecule is O=C(Cc1ccc(O)cc1)N[C@@H](Cc1ccccc1)C(=O)OC[C@@H](Cc1ccccc1)NC(=O)c1ccccc1. The second-order valence-electron chi connectivity index (χ2n) is 9.51. The van der Waals surface area contributed by atoms with Crippen molar-refractivity contribution in [2.45, 2.75) is 31.3 Å². The molecule has 7 heteroatoms. The maximum atomic E-state index is 13.3. The first-order valence-electron chi connectivity index (χ1n) is 13.1. The van der Waals surface area contributed by atoms with Gasteiger partial charge < -0.3 is 20.5 Å². The molecule has 40 heavy (non-hydrogen) atoms. The molecule has 0 aliphatic heterocycles. The average Bonchev–Trinajstić information content (AvgIpc) is 2.98. The van der Waals surface area contributed by atoms with Gasteiger partial charge in [0.1, 0.15) is 18.4 Å². The quantitative estimate of drug-likeness (QED) is 0.235. The fraction of sp³-hybridized carbons (Fsp3) is 0.182. The molecule has 2 atom stereocenters. The van der Waals surface area contributed by atoms with Crippen molar-refractivity contribution in [3.05, 3.63) is 138 Å². The van der Waals surface area contributed by atoms with E-state index in [0.717, 1.165) is 11.1 Å². The van der Waals surface area contributed by atoms with E-state index in [2.05, 4.69) is 10.6 Å². The zero-order valence-electron chi connectivity index (χ0n) is 22.0. The van der Waals surface area contributed by atoms with Gasteiger partial charge in [0.05, 0.1) is 12.5 Å². The van der Waals surface area contributed by atoms with E-state index in [0.29, 0.717) is 17.5 Å². The number of benzene rings is 4. The molecule has 0 aliphatic rings. The molecule has 2 amide bonds. The number of nitrogens with one attached hydrogen (secondary N) is 2. The molecule has 4 rings (SSSR count). The number of rotatable bonds is 12. The number of ether oxygens (including phenoxy) is 1. The molecule has 0 fully saturated rings. The molecule has 0 radical (unpaired) electrons. The number of phenolic OH excluding ortho intramolecular Hbond substituents is 1. The Bertz CT molecular complexity index is 1380. The lowest BCUT2D eigenvalue weighted by Crippen LogP contribution is -2.46. The third-order valence-corrected chi connectivity index (χ3v) is 6.33. The third-order valence-electron chi connectivity index (χ3n) is 6.33. The van der Waals surface area contributed by atoms with Crippen LogP contribution in [0, 0.1) is 0 Å². The summed E-state index contributed by atoms with van der Waals surface area (Å²) < 4.78 is 5.71. The normalized spacial score (nSPS) is 12.1. The zero-order valence-corrected chi connectivity index (χ0v) is 22.0. The van der Waals surface area contributed by atoms with Gasteiger partial charge in [-0.25, -0.2) is 4.79 Å². The van der Waals surface area contributed by atoms with E-state index < -0.39 is 18.1 Å². The number of amides is 2. The summed E-state index contributed by atoms with van der Waals surface area (Å²) in [6, 6.07) is 32.8. The second kappa shape index (κ2) is 14.3. The van der Waals surface area contributed by atoms with Gasteiger partial charge >= 0.3 is 5.97 Å². The Balaban J connectivity index is 1.45. The first-order valence-corrected chi connectivity index (χ1v) is 13.1. The van der Waals surface area contributed by atoms with Crippen LogP contribution in [0.5, 0.6) is 5.75 Å². The van der Waals surface area contributed by atoms with E-state index >= 15 is 0 Å². The molecule has 0 spiro atoms. The molecule has 4 aromatic carbocycles. The number of hydrogen-bond donors (Lipinski definition) is 3. The standard InChI is InChI=1S/C33H32N2O5/c36-29-18-16-26(17-19-29)22-31(37)35-30(21-25-12-6-2-7-13-25)33(39)40-23-28(20-24-10-4-1-5-11-24)34-32(38)27-14-8-3-9-15-27/h1-19,28,30,36H,20-23H2,(H,34,38)(H,35,37)/t28-,30+/m1/s1. The average molecular weight is 537 g/mol. The van der Waals surface area contributed by atoms with E-state index in [1.165, 1.54) is 12.1 Å². The van der Waals surface area contributed by atoms with Crippen molar-refractivity contribution < 1.29 is 24.2 Å². The largest absolute Gasteiger partial charge is 0.508 e. The van der Waals surface area contributed by atoms with Crippen LogP contribution in [0.2, 0.25) is 0 Å². The van der Waals surface area contributed by atoms with Crippen molar-refractivity contribution >= 4 is 17.8 Å². The molecule has 0 saturated carbocycles. The van der Waals surface area contributed by atoms with Crippen LogP contribution in [0.4, 0.5) is 0 Å². The molecule has 0 aliphatic carbocycles. The molecule has 0 heterocycles. The second-order valence-corrected chi connectivity index (χ2v) is 9.51. The topological polar surface area (TPSA) is 105 Å². The maximum absolute atomic E-state index is 13.3. The molecule has 7 nitrogen and oxygen atoms in total. The van der Waals surface area contributed by atoms with Crippen molar-refractivity contribution in [1.29, 1.82) is 0 Å². The van der Waals surface area contributed by atoms with Crippen LogP contribution >= 0.6 is 0 Å². The molecule has 4 aromatic rings. The molecule has 0 saturated heterocycles. The number of carbonyl (C=O) groups is 3. The first-order chi connectivity index (χ1) is 19.5. The highest BCUT2D eigenvalue weighted by atomic mass is 16.5. The van der Waals surface area contributed by atoms with Crippen LogP contribution in [0.15, 0.2) is 115 Å². The predicted octanol–water partition coefficient (Wildman–Crippen LogP) is 4.25. The van der Waals surface area contributed by atoms with Crippen molar-refractivity contribution in [1.82, 2.24) is 10.6 Å². The van der Waals surface area contributed by atoms with Crippen molar-refractivity contribution in [3.63, 3.8) is 0 Å². The summed E-state index contributed by atoms with van der Waals surface area (Å²) in [5.41, 5.74) is 3.07. The molecular formula is C33H32N2O5. The Labute approximate surface area is 233 Å². The van der Waals surface area contributed by atoms with Crippen LogP contribution in [0.25, 0.3) is 0 Å². The third kappa shape index (κ3) is 8.84. The minimum absolute atomic E-state index is 0.0443. The van der Waals surface area contributed by atoms with Crippen molar-refractivity contribution in [2.24, 2.45) is 0 Å². The van der Waals surface area contributed by atoms with Crippen LogP contribution in [0.3, 0.4) is 0 Å². The minimum Gasteiger partial charge on any atom is -0.508 e. The molecule has 204 valence electrons. The summed E-state index contributed by atoms with van der Waals surface area (Å²) in [7, 11) is 0. The zero-order chi connectivity index (χ0) is 28.2. The summed E-state index contributed by atoms with van der Waals surface area (Å²) in [6.07, 6.45) is 0.757. The highest BCUT2D eigenvalue weighted by Gasteiger charge is 2.25. The molecule has 0 aromatic heterocycles. The Morgan fingerprint density at radius 3 is 1.80 bits per heavy atom. The fourth-order valence-electron chi connectivity index (χ4n) is 4.28. The van der Waals surface area contributed by atoms with Crippen molar-refractivity contribution in [2.75, 3.05) is 6.61 Å². The van der Waals surface area contributed by atoms with E-state index in [4.69, 9.17) is 4.74 Å². The van der Waals surface area contributed by atoms with E-state index in [1.54, 1.807) is 36.4 Å². The summed E-state index contributed by atoms with van der Waals surface area (Å²) in [4.78, 5) is 39.0. The summed E-state index contributed by atoms with van der Waals surface area (Å²) >= 11 is 0. The van der Waals surface area contributed by atoms with Gasteiger partial charge in [-0.2, -0.15) is 0 Å².